The minimum absolute atomic E-state index is 0.0452. The van der Waals surface area contributed by atoms with Crippen molar-refractivity contribution < 1.29 is 22.7 Å². The number of anilines is 3. The molecule has 0 atom stereocenters. The number of halogens is 3. The molecular formula is C23H24F3N5O2S. The molecule has 3 fully saturated rings. The Morgan fingerprint density at radius 2 is 1.82 bits per heavy atom. The van der Waals surface area contributed by atoms with Crippen LogP contribution < -0.4 is 25.6 Å². The number of ether oxygens (including phenoxy) is 1. The number of carbonyl (C=O) groups excluding carboxylic acids is 1. The summed E-state index contributed by atoms with van der Waals surface area (Å²) in [6.07, 6.45) is 0.407. The van der Waals surface area contributed by atoms with E-state index in [2.05, 4.69) is 10.3 Å². The summed E-state index contributed by atoms with van der Waals surface area (Å²) in [7, 11) is 0. The van der Waals surface area contributed by atoms with Gasteiger partial charge in [-0.15, -0.1) is 0 Å². The van der Waals surface area contributed by atoms with E-state index in [9.17, 15) is 18.0 Å². The van der Waals surface area contributed by atoms with Gasteiger partial charge in [-0.1, -0.05) is 0 Å². The average molecular weight is 492 g/mol. The number of benzene rings is 1. The van der Waals surface area contributed by atoms with E-state index < -0.39 is 23.1 Å². The number of carbonyl (C=O) groups is 1. The number of alkyl halides is 3. The van der Waals surface area contributed by atoms with Crippen LogP contribution >= 0.6 is 12.2 Å². The zero-order valence-corrected chi connectivity index (χ0v) is 19.1. The van der Waals surface area contributed by atoms with Gasteiger partial charge in [-0.3, -0.25) is 9.69 Å². The molecule has 5 rings (SSSR count). The number of nitrogens with two attached hydrogens (primary N) is 1. The number of hydrogen-bond donors (Lipinski definition) is 2. The maximum Gasteiger partial charge on any atom is 0.420 e. The molecule has 2 saturated heterocycles. The Bertz CT molecular complexity index is 1110. The number of hydrogen-bond acceptors (Lipinski definition) is 6. The van der Waals surface area contributed by atoms with Gasteiger partial charge < -0.3 is 20.7 Å². The number of rotatable bonds is 4. The molecule has 3 aliphatic rings. The van der Waals surface area contributed by atoms with E-state index in [1.807, 2.05) is 24.3 Å². The number of nitrogen functional groups attached to an aromatic ring is 1. The fraction of sp³-hybridized carbons (Fsp3) is 0.435. The molecule has 1 spiro atoms. The maximum absolute atomic E-state index is 13.5. The molecule has 1 aromatic carbocycles. The van der Waals surface area contributed by atoms with Gasteiger partial charge in [0.2, 0.25) is 0 Å². The molecule has 1 saturated carbocycles. The molecule has 2 aliphatic heterocycles. The summed E-state index contributed by atoms with van der Waals surface area (Å²) in [5.74, 6) is -0.268. The molecule has 3 N–H and O–H groups in total. The predicted octanol–water partition coefficient (Wildman–Crippen LogP) is 3.87. The summed E-state index contributed by atoms with van der Waals surface area (Å²) in [6, 6.07) is 8.18. The molecule has 1 aromatic heterocycles. The van der Waals surface area contributed by atoms with Gasteiger partial charge in [0.1, 0.15) is 23.2 Å². The topological polar surface area (TPSA) is 83.7 Å². The minimum Gasteiger partial charge on any atom is -0.490 e. The summed E-state index contributed by atoms with van der Waals surface area (Å²) in [6.45, 7) is 1.84. The largest absolute Gasteiger partial charge is 0.490 e. The molecule has 1 amide bonds. The first-order chi connectivity index (χ1) is 16.2. The van der Waals surface area contributed by atoms with Gasteiger partial charge in [0, 0.05) is 5.69 Å². The van der Waals surface area contributed by atoms with E-state index in [0.29, 0.717) is 18.5 Å². The van der Waals surface area contributed by atoms with Crippen molar-refractivity contribution in [3.63, 3.8) is 0 Å². The zero-order valence-electron chi connectivity index (χ0n) is 18.3. The number of amides is 1. The first-order valence-corrected chi connectivity index (χ1v) is 11.6. The van der Waals surface area contributed by atoms with E-state index >= 15 is 0 Å². The Balaban J connectivity index is 1.45. The molecule has 11 heteroatoms. The molecule has 3 heterocycles. The lowest BCUT2D eigenvalue weighted by molar-refractivity contribution is -0.137. The van der Waals surface area contributed by atoms with Crippen molar-refractivity contribution in [1.82, 2.24) is 10.3 Å². The van der Waals surface area contributed by atoms with Crippen LogP contribution in [0.3, 0.4) is 0 Å². The number of nitrogens with one attached hydrogen (secondary N) is 1. The number of piperidine rings is 1. The monoisotopic (exact) mass is 491 g/mol. The molecule has 180 valence electrons. The van der Waals surface area contributed by atoms with Crippen molar-refractivity contribution in [3.8, 4) is 5.75 Å². The highest BCUT2D eigenvalue weighted by Gasteiger charge is 2.59. The Labute approximate surface area is 200 Å². The second-order valence-electron chi connectivity index (χ2n) is 8.83. The van der Waals surface area contributed by atoms with Gasteiger partial charge in [-0.25, -0.2) is 4.98 Å². The Morgan fingerprint density at radius 1 is 1.15 bits per heavy atom. The highest BCUT2D eigenvalue weighted by atomic mass is 32.1. The van der Waals surface area contributed by atoms with Crippen LogP contribution in [0.2, 0.25) is 0 Å². The van der Waals surface area contributed by atoms with Crippen LogP contribution in [0.25, 0.3) is 0 Å². The summed E-state index contributed by atoms with van der Waals surface area (Å²) in [5, 5.41) is 3.42. The van der Waals surface area contributed by atoms with Crippen LogP contribution in [0.15, 0.2) is 36.5 Å². The van der Waals surface area contributed by atoms with E-state index in [0.717, 1.165) is 55.3 Å². The molecule has 2 aromatic rings. The number of aromatic nitrogens is 1. The Hall–Kier alpha value is -2.92. The first-order valence-electron chi connectivity index (χ1n) is 11.2. The van der Waals surface area contributed by atoms with Crippen LogP contribution in [0.5, 0.6) is 5.75 Å². The normalized spacial score (nSPS) is 20.7. The molecule has 0 bridgehead atoms. The van der Waals surface area contributed by atoms with Gasteiger partial charge in [0.15, 0.2) is 5.11 Å². The van der Waals surface area contributed by atoms with Crippen LogP contribution in [-0.2, 0) is 11.0 Å². The second-order valence-corrected chi connectivity index (χ2v) is 9.19. The smallest absolute Gasteiger partial charge is 0.420 e. The highest BCUT2D eigenvalue weighted by Crippen LogP contribution is 2.48. The first kappa shape index (κ1) is 22.9. The standard InChI is InChI=1S/C23H24F3N5O2S/c24-23(25,26)18-12-15(13-29-19(18)27)30-20(32)22(8-1-9-22)31(21(30)34)14-2-4-16(5-3-14)33-17-6-10-28-11-7-17/h2-5,12-13,17,28H,1,6-11H2,(H2,27,29). The SMILES string of the molecule is Nc1ncc(N2C(=O)C3(CCC3)N(c3ccc(OC4CCNCC4)cc3)C2=S)cc1C(F)(F)F. The molecule has 1 aliphatic carbocycles. The quantitative estimate of drug-likeness (QED) is 0.628. The summed E-state index contributed by atoms with van der Waals surface area (Å²) in [4.78, 5) is 20.1. The summed E-state index contributed by atoms with van der Waals surface area (Å²) in [5.41, 5.74) is 4.08. The zero-order chi connectivity index (χ0) is 24.1. The minimum atomic E-state index is -4.70. The van der Waals surface area contributed by atoms with E-state index in [-0.39, 0.29) is 22.8 Å². The number of pyridine rings is 1. The third-order valence-electron chi connectivity index (χ3n) is 6.74. The molecule has 34 heavy (non-hydrogen) atoms. The van der Waals surface area contributed by atoms with Crippen LogP contribution in [0.4, 0.5) is 30.4 Å². The summed E-state index contributed by atoms with van der Waals surface area (Å²) < 4.78 is 46.3. The van der Waals surface area contributed by atoms with Crippen molar-refractivity contribution in [3.05, 3.63) is 42.1 Å². The van der Waals surface area contributed by atoms with Crippen LogP contribution in [0, 0.1) is 0 Å². The third-order valence-corrected chi connectivity index (χ3v) is 7.11. The van der Waals surface area contributed by atoms with Crippen LogP contribution in [-0.4, -0.2) is 40.7 Å². The van der Waals surface area contributed by atoms with Crippen molar-refractivity contribution >= 4 is 40.4 Å². The Morgan fingerprint density at radius 3 is 2.41 bits per heavy atom. The Kier molecular flexibility index (Phi) is 5.64. The van der Waals surface area contributed by atoms with Gasteiger partial charge in [-0.2, -0.15) is 13.2 Å². The molecule has 0 unspecified atom stereocenters. The maximum atomic E-state index is 13.5. The lowest BCUT2D eigenvalue weighted by atomic mass is 9.75. The van der Waals surface area contributed by atoms with Gasteiger partial charge in [-0.05, 0) is 87.7 Å². The fourth-order valence-electron chi connectivity index (χ4n) is 4.80. The summed E-state index contributed by atoms with van der Waals surface area (Å²) >= 11 is 5.64. The van der Waals surface area contributed by atoms with Crippen molar-refractivity contribution in [2.24, 2.45) is 0 Å². The fourth-order valence-corrected chi connectivity index (χ4v) is 5.27. The average Bonchev–Trinajstić information content (AvgIpc) is 3.02. The van der Waals surface area contributed by atoms with Crippen LogP contribution in [0.1, 0.15) is 37.7 Å². The number of nitrogens with zero attached hydrogens (tertiary/aromatic N) is 3. The van der Waals surface area contributed by atoms with E-state index in [1.54, 1.807) is 4.90 Å². The van der Waals surface area contributed by atoms with Gasteiger partial charge >= 0.3 is 6.18 Å². The van der Waals surface area contributed by atoms with Crippen molar-refractivity contribution in [2.45, 2.75) is 49.9 Å². The lowest BCUT2D eigenvalue weighted by Crippen LogP contribution is -2.55. The molecule has 7 nitrogen and oxygen atoms in total. The van der Waals surface area contributed by atoms with Gasteiger partial charge in [0.25, 0.3) is 5.91 Å². The van der Waals surface area contributed by atoms with E-state index in [4.69, 9.17) is 22.7 Å². The predicted molar refractivity (Wildman–Crippen MR) is 126 cm³/mol. The third kappa shape index (κ3) is 3.76. The lowest BCUT2D eigenvalue weighted by Gasteiger charge is -2.43. The number of thiocarbonyl (C=S) groups is 1. The molecular weight excluding hydrogens is 467 g/mol. The van der Waals surface area contributed by atoms with E-state index in [1.165, 1.54) is 0 Å². The van der Waals surface area contributed by atoms with Crippen molar-refractivity contribution in [2.75, 3.05) is 28.6 Å². The van der Waals surface area contributed by atoms with Gasteiger partial charge in [0.05, 0.1) is 17.4 Å². The van der Waals surface area contributed by atoms with Crippen molar-refractivity contribution in [1.29, 1.82) is 0 Å². The second kappa shape index (κ2) is 8.38. The molecule has 0 radical (unpaired) electrons. The highest BCUT2D eigenvalue weighted by molar-refractivity contribution is 7.81.